The van der Waals surface area contributed by atoms with E-state index in [4.69, 9.17) is 25.8 Å². The summed E-state index contributed by atoms with van der Waals surface area (Å²) in [7, 11) is 0. The molecule has 1 aromatic carbocycles. The van der Waals surface area contributed by atoms with E-state index in [1.807, 2.05) is 31.2 Å². The number of hydrogen-bond donors (Lipinski definition) is 0. The summed E-state index contributed by atoms with van der Waals surface area (Å²) in [5.74, 6) is -0.181. The van der Waals surface area contributed by atoms with E-state index < -0.39 is 5.60 Å². The highest BCUT2D eigenvalue weighted by Crippen LogP contribution is 2.34. The van der Waals surface area contributed by atoms with Crippen molar-refractivity contribution in [3.63, 3.8) is 0 Å². The van der Waals surface area contributed by atoms with Gasteiger partial charge in [-0.3, -0.25) is 0 Å². The second-order valence-corrected chi connectivity index (χ2v) is 7.01. The normalized spacial score (nSPS) is 19.0. The van der Waals surface area contributed by atoms with Crippen molar-refractivity contribution in [1.82, 2.24) is 0 Å². The highest BCUT2D eigenvalue weighted by atomic mass is 35.5. The molecule has 1 aliphatic rings. The summed E-state index contributed by atoms with van der Waals surface area (Å²) in [5.41, 5.74) is 0.624. The zero-order chi connectivity index (χ0) is 18.0. The second-order valence-electron chi connectivity index (χ2n) is 6.57. The van der Waals surface area contributed by atoms with Crippen molar-refractivity contribution in [2.45, 2.75) is 57.5 Å². The molecule has 0 aliphatic carbocycles. The molecule has 25 heavy (non-hydrogen) atoms. The number of hydrogen-bond acceptors (Lipinski definition) is 4. The van der Waals surface area contributed by atoms with E-state index in [-0.39, 0.29) is 5.97 Å². The Labute approximate surface area is 155 Å². The molecule has 1 fully saturated rings. The zero-order valence-electron chi connectivity index (χ0n) is 15.1. The Morgan fingerprint density at radius 2 is 1.84 bits per heavy atom. The maximum absolute atomic E-state index is 11.9. The molecule has 0 radical (unpaired) electrons. The summed E-state index contributed by atoms with van der Waals surface area (Å²) in [6.45, 7) is 4.52. The van der Waals surface area contributed by atoms with Crippen LogP contribution in [0.2, 0.25) is 5.02 Å². The lowest BCUT2D eigenvalue weighted by molar-refractivity contribution is -0.150. The number of epoxide rings is 1. The van der Waals surface area contributed by atoms with Gasteiger partial charge in [-0.1, -0.05) is 43.5 Å². The molecule has 1 atom stereocenters. The number of carbonyl (C=O) groups excluding carboxylic acids is 1. The lowest BCUT2D eigenvalue weighted by Gasteiger charge is -2.11. The van der Waals surface area contributed by atoms with Crippen LogP contribution >= 0.6 is 11.6 Å². The minimum atomic E-state index is -0.621. The molecule has 0 spiro atoms. The minimum Gasteiger partial charge on any atom is -0.463 e. The fraction of sp³-hybridized carbons (Fsp3) is 0.650. The molecule has 140 valence electrons. The summed E-state index contributed by atoms with van der Waals surface area (Å²) < 4.78 is 16.2. The van der Waals surface area contributed by atoms with Crippen LogP contribution in [-0.4, -0.2) is 38.0 Å². The molecule has 2 rings (SSSR count). The summed E-state index contributed by atoms with van der Waals surface area (Å²) in [4.78, 5) is 11.9. The Morgan fingerprint density at radius 1 is 1.12 bits per heavy atom. The van der Waals surface area contributed by atoms with Crippen LogP contribution in [0.15, 0.2) is 24.3 Å². The van der Waals surface area contributed by atoms with E-state index in [2.05, 4.69) is 0 Å². The minimum absolute atomic E-state index is 0.181. The van der Waals surface area contributed by atoms with E-state index in [0.29, 0.717) is 13.2 Å². The third-order valence-corrected chi connectivity index (χ3v) is 4.62. The van der Waals surface area contributed by atoms with Crippen molar-refractivity contribution >= 4 is 17.6 Å². The van der Waals surface area contributed by atoms with Crippen molar-refractivity contribution in [3.8, 4) is 0 Å². The summed E-state index contributed by atoms with van der Waals surface area (Å²) >= 11 is 5.86. The van der Waals surface area contributed by atoms with Gasteiger partial charge in [-0.15, -0.1) is 0 Å². The molecule has 0 amide bonds. The average molecular weight is 369 g/mol. The van der Waals surface area contributed by atoms with Crippen molar-refractivity contribution in [1.29, 1.82) is 0 Å². The first-order valence-corrected chi connectivity index (χ1v) is 9.67. The summed E-state index contributed by atoms with van der Waals surface area (Å²) in [6, 6.07) is 7.89. The summed E-state index contributed by atoms with van der Waals surface area (Å²) in [5, 5.41) is 0.765. The van der Waals surface area contributed by atoms with Gasteiger partial charge in [0.1, 0.15) is 0 Å². The molecule has 1 saturated heterocycles. The fourth-order valence-corrected chi connectivity index (χ4v) is 2.82. The van der Waals surface area contributed by atoms with Crippen LogP contribution in [0, 0.1) is 0 Å². The second kappa shape index (κ2) is 10.8. The molecular formula is C20H29ClO4. The van der Waals surface area contributed by atoms with Crippen LogP contribution in [0.1, 0.15) is 51.0 Å². The van der Waals surface area contributed by atoms with E-state index in [1.54, 1.807) is 0 Å². The molecule has 4 nitrogen and oxygen atoms in total. The maximum Gasteiger partial charge on any atom is 0.340 e. The van der Waals surface area contributed by atoms with Crippen molar-refractivity contribution in [2.24, 2.45) is 0 Å². The van der Waals surface area contributed by atoms with Crippen molar-refractivity contribution in [3.05, 3.63) is 34.9 Å². The molecule has 0 bridgehead atoms. The van der Waals surface area contributed by atoms with Gasteiger partial charge in [-0.25, -0.2) is 4.79 Å². The Morgan fingerprint density at radius 3 is 2.52 bits per heavy atom. The standard InChI is InChI=1S/C20H29ClO4/c1-2-13-24-19(22)20(16-25-20)12-5-3-4-6-14-23-15-11-17-7-9-18(21)10-8-17/h7-10H,2-6,11-16H2,1H3. The van der Waals surface area contributed by atoms with Crippen LogP contribution in [0.3, 0.4) is 0 Å². The monoisotopic (exact) mass is 368 g/mol. The number of ether oxygens (including phenoxy) is 3. The van der Waals surface area contributed by atoms with E-state index in [9.17, 15) is 4.79 Å². The number of benzene rings is 1. The first-order valence-electron chi connectivity index (χ1n) is 9.30. The Hall–Kier alpha value is -1.10. The number of esters is 1. The van der Waals surface area contributed by atoms with Crippen LogP contribution in [0.25, 0.3) is 0 Å². The quantitative estimate of drug-likeness (QED) is 0.290. The lowest BCUT2D eigenvalue weighted by Crippen LogP contribution is -2.27. The summed E-state index contributed by atoms with van der Waals surface area (Å²) in [6.07, 6.45) is 6.78. The SMILES string of the molecule is CCCOC(=O)C1(CCCCCCOCCc2ccc(Cl)cc2)CO1. The van der Waals surface area contributed by atoms with E-state index >= 15 is 0 Å². The van der Waals surface area contributed by atoms with Gasteiger partial charge in [-0.05, 0) is 49.8 Å². The van der Waals surface area contributed by atoms with Crippen LogP contribution in [-0.2, 0) is 25.4 Å². The molecule has 1 heterocycles. The highest BCUT2D eigenvalue weighted by Gasteiger charge is 2.52. The van der Waals surface area contributed by atoms with Gasteiger partial charge in [0.05, 0.1) is 19.8 Å². The predicted molar refractivity (Wildman–Crippen MR) is 99.0 cm³/mol. The molecular weight excluding hydrogens is 340 g/mol. The van der Waals surface area contributed by atoms with Gasteiger partial charge in [-0.2, -0.15) is 0 Å². The van der Waals surface area contributed by atoms with Crippen LogP contribution < -0.4 is 0 Å². The predicted octanol–water partition coefficient (Wildman–Crippen LogP) is 4.57. The van der Waals surface area contributed by atoms with Crippen molar-refractivity contribution in [2.75, 3.05) is 26.4 Å². The van der Waals surface area contributed by atoms with Gasteiger partial charge in [0.15, 0.2) is 5.60 Å². The fourth-order valence-electron chi connectivity index (χ4n) is 2.69. The molecule has 0 saturated carbocycles. The smallest absolute Gasteiger partial charge is 0.340 e. The largest absolute Gasteiger partial charge is 0.463 e. The van der Waals surface area contributed by atoms with Gasteiger partial charge in [0.25, 0.3) is 0 Å². The number of rotatable bonds is 13. The van der Waals surface area contributed by atoms with Crippen LogP contribution in [0.5, 0.6) is 0 Å². The molecule has 1 aromatic rings. The molecule has 5 heteroatoms. The van der Waals surface area contributed by atoms with E-state index in [1.165, 1.54) is 5.56 Å². The first-order chi connectivity index (χ1) is 12.2. The topological polar surface area (TPSA) is 48.1 Å². The Balaban J connectivity index is 1.43. The van der Waals surface area contributed by atoms with Gasteiger partial charge in [0.2, 0.25) is 0 Å². The number of unbranched alkanes of at least 4 members (excludes halogenated alkanes) is 3. The maximum atomic E-state index is 11.9. The number of carbonyl (C=O) groups is 1. The zero-order valence-corrected chi connectivity index (χ0v) is 15.9. The highest BCUT2D eigenvalue weighted by molar-refractivity contribution is 6.30. The Kier molecular flexibility index (Phi) is 8.73. The lowest BCUT2D eigenvalue weighted by atomic mass is 10.0. The molecule has 1 unspecified atom stereocenters. The molecule has 0 N–H and O–H groups in total. The van der Waals surface area contributed by atoms with Gasteiger partial charge < -0.3 is 14.2 Å². The van der Waals surface area contributed by atoms with Crippen LogP contribution in [0.4, 0.5) is 0 Å². The third kappa shape index (κ3) is 7.35. The molecule has 0 aromatic heterocycles. The average Bonchev–Trinajstić information content (AvgIpc) is 3.41. The number of halogens is 1. The third-order valence-electron chi connectivity index (χ3n) is 4.37. The first kappa shape index (κ1) is 20.2. The van der Waals surface area contributed by atoms with Gasteiger partial charge in [0, 0.05) is 11.6 Å². The van der Waals surface area contributed by atoms with Crippen molar-refractivity contribution < 1.29 is 19.0 Å². The molecule has 1 aliphatic heterocycles. The Bertz CT molecular complexity index is 511. The van der Waals surface area contributed by atoms with E-state index in [0.717, 1.165) is 63.2 Å². The van der Waals surface area contributed by atoms with Gasteiger partial charge >= 0.3 is 5.97 Å².